The predicted molar refractivity (Wildman–Crippen MR) is 87.2 cm³/mol. The van der Waals surface area contributed by atoms with Crippen molar-refractivity contribution in [3.63, 3.8) is 0 Å². The topological polar surface area (TPSA) is 76.3 Å². The second-order valence-electron chi connectivity index (χ2n) is 5.39. The zero-order chi connectivity index (χ0) is 15.2. The molecule has 0 aliphatic heterocycles. The number of nitrogens with two attached hydrogens (primary N) is 1. The molecule has 2 aromatic rings. The summed E-state index contributed by atoms with van der Waals surface area (Å²) in [6.45, 7) is 7.67. The van der Waals surface area contributed by atoms with E-state index in [9.17, 15) is 0 Å². The highest BCUT2D eigenvalue weighted by atomic mass is 32.1. The van der Waals surface area contributed by atoms with E-state index in [2.05, 4.69) is 34.1 Å². The molecule has 0 saturated heterocycles. The first-order chi connectivity index (χ1) is 10.1. The van der Waals surface area contributed by atoms with Crippen molar-refractivity contribution in [3.05, 3.63) is 17.3 Å². The summed E-state index contributed by atoms with van der Waals surface area (Å²) in [5, 5.41) is 2.97. The minimum Gasteiger partial charge on any atom is -0.383 e. The Morgan fingerprint density at radius 3 is 2.90 bits per heavy atom. The maximum Gasteiger partial charge on any atom is 0.152 e. The minimum absolute atomic E-state index is 0.583. The lowest BCUT2D eigenvalue weighted by Crippen LogP contribution is -2.31. The van der Waals surface area contributed by atoms with Crippen LogP contribution in [0.25, 0.3) is 10.2 Å². The molecular weight excluding hydrogens is 286 g/mol. The third kappa shape index (κ3) is 4.34. The second kappa shape index (κ2) is 7.65. The summed E-state index contributed by atoms with van der Waals surface area (Å²) in [6, 6.07) is 1.98. The molecule has 0 bridgehead atoms. The number of rotatable bonds is 8. The number of fused-ring (bicyclic) bond motifs is 1. The fourth-order valence-corrected chi connectivity index (χ4v) is 3.03. The van der Waals surface area contributed by atoms with Gasteiger partial charge in [0, 0.05) is 20.2 Å². The smallest absolute Gasteiger partial charge is 0.152 e. The van der Waals surface area contributed by atoms with Gasteiger partial charge in [-0.2, -0.15) is 0 Å². The Labute approximate surface area is 129 Å². The summed E-state index contributed by atoms with van der Waals surface area (Å²) in [7, 11) is 1.72. The van der Waals surface area contributed by atoms with E-state index in [0.29, 0.717) is 24.9 Å². The molecule has 6 nitrogen and oxygen atoms in total. The summed E-state index contributed by atoms with van der Waals surface area (Å²) in [4.78, 5) is 12.4. The van der Waals surface area contributed by atoms with Crippen LogP contribution in [0.15, 0.2) is 11.4 Å². The fourth-order valence-electron chi connectivity index (χ4n) is 2.25. The normalized spacial score (nSPS) is 11.7. The van der Waals surface area contributed by atoms with Gasteiger partial charge in [-0.05, 0) is 17.4 Å². The van der Waals surface area contributed by atoms with Gasteiger partial charge in [-0.3, -0.25) is 4.90 Å². The number of nitrogen functional groups attached to an aromatic ring is 1. The van der Waals surface area contributed by atoms with E-state index >= 15 is 0 Å². The van der Waals surface area contributed by atoms with Crippen molar-refractivity contribution in [2.75, 3.05) is 32.2 Å². The van der Waals surface area contributed by atoms with E-state index in [4.69, 9.17) is 10.6 Å². The molecule has 0 radical (unpaired) electrons. The Balaban J connectivity index is 2.18. The lowest BCUT2D eigenvalue weighted by atomic mass is 10.2. The van der Waals surface area contributed by atoms with Crippen molar-refractivity contribution in [2.24, 2.45) is 11.8 Å². The van der Waals surface area contributed by atoms with Crippen LogP contribution in [0, 0.1) is 5.92 Å². The molecule has 0 saturated carbocycles. The number of hydrazine groups is 1. The van der Waals surface area contributed by atoms with E-state index in [-0.39, 0.29) is 0 Å². The van der Waals surface area contributed by atoms with E-state index in [1.54, 1.807) is 18.4 Å². The number of ether oxygens (including phenoxy) is 1. The maximum atomic E-state index is 5.57. The molecule has 21 heavy (non-hydrogen) atoms. The second-order valence-corrected chi connectivity index (χ2v) is 6.29. The minimum atomic E-state index is 0.583. The average Bonchev–Trinajstić information content (AvgIpc) is 2.91. The Morgan fingerprint density at radius 1 is 1.43 bits per heavy atom. The van der Waals surface area contributed by atoms with Crippen molar-refractivity contribution < 1.29 is 4.74 Å². The third-order valence-electron chi connectivity index (χ3n) is 3.11. The van der Waals surface area contributed by atoms with Crippen LogP contribution < -0.4 is 11.3 Å². The van der Waals surface area contributed by atoms with Gasteiger partial charge in [0.05, 0.1) is 18.5 Å². The fraction of sp³-hybridized carbons (Fsp3) is 0.571. The first-order valence-electron chi connectivity index (χ1n) is 7.06. The summed E-state index contributed by atoms with van der Waals surface area (Å²) in [5.74, 6) is 7.62. The maximum absolute atomic E-state index is 5.57. The Kier molecular flexibility index (Phi) is 5.86. The van der Waals surface area contributed by atoms with Gasteiger partial charge in [-0.25, -0.2) is 15.8 Å². The van der Waals surface area contributed by atoms with Crippen LogP contribution in [0.2, 0.25) is 0 Å². The molecule has 0 aliphatic rings. The molecule has 2 rings (SSSR count). The van der Waals surface area contributed by atoms with Gasteiger partial charge >= 0.3 is 0 Å². The molecular formula is C14H23N5OS. The van der Waals surface area contributed by atoms with Crippen molar-refractivity contribution in [2.45, 2.75) is 20.4 Å². The SMILES string of the molecule is COCCN(Cc1nc(NN)c2ccsc2n1)CC(C)C. The van der Waals surface area contributed by atoms with Gasteiger partial charge < -0.3 is 10.2 Å². The number of methoxy groups -OCH3 is 1. The molecule has 2 heterocycles. The van der Waals surface area contributed by atoms with Crippen molar-refractivity contribution in [1.82, 2.24) is 14.9 Å². The Bertz CT molecular complexity index is 571. The highest BCUT2D eigenvalue weighted by molar-refractivity contribution is 7.16. The van der Waals surface area contributed by atoms with Crippen molar-refractivity contribution in [1.29, 1.82) is 0 Å². The standard InChI is InChI=1S/C14H23N5OS/c1-10(2)8-19(5-6-20-3)9-12-16-13(18-15)11-4-7-21-14(11)17-12/h4,7,10H,5-6,8-9,15H2,1-3H3,(H,16,17,18). The monoisotopic (exact) mass is 309 g/mol. The average molecular weight is 309 g/mol. The summed E-state index contributed by atoms with van der Waals surface area (Å²) in [6.07, 6.45) is 0. The molecule has 3 N–H and O–H groups in total. The molecule has 0 aliphatic carbocycles. The number of nitrogens with one attached hydrogen (secondary N) is 1. The summed E-state index contributed by atoms with van der Waals surface area (Å²) < 4.78 is 5.18. The van der Waals surface area contributed by atoms with Crippen LogP contribution in [0.4, 0.5) is 5.82 Å². The lowest BCUT2D eigenvalue weighted by Gasteiger charge is -2.23. The quantitative estimate of drug-likeness (QED) is 0.574. The highest BCUT2D eigenvalue weighted by Crippen LogP contribution is 2.24. The van der Waals surface area contributed by atoms with Crippen LogP contribution >= 0.6 is 11.3 Å². The van der Waals surface area contributed by atoms with Gasteiger partial charge in [0.2, 0.25) is 0 Å². The van der Waals surface area contributed by atoms with Crippen LogP contribution in [0.5, 0.6) is 0 Å². The Hall–Kier alpha value is -1.28. The van der Waals surface area contributed by atoms with E-state index in [0.717, 1.165) is 29.1 Å². The van der Waals surface area contributed by atoms with E-state index < -0.39 is 0 Å². The van der Waals surface area contributed by atoms with Gasteiger partial charge in [0.15, 0.2) is 5.82 Å². The van der Waals surface area contributed by atoms with E-state index in [1.807, 2.05) is 11.4 Å². The molecule has 0 spiro atoms. The number of nitrogens with zero attached hydrogens (tertiary/aromatic N) is 3. The zero-order valence-electron chi connectivity index (χ0n) is 12.8. The molecule has 0 amide bonds. The lowest BCUT2D eigenvalue weighted by molar-refractivity contribution is 0.134. The molecule has 2 aromatic heterocycles. The number of aromatic nitrogens is 2. The van der Waals surface area contributed by atoms with Crippen LogP contribution in [0.3, 0.4) is 0 Å². The third-order valence-corrected chi connectivity index (χ3v) is 3.91. The van der Waals surface area contributed by atoms with Crippen LogP contribution in [-0.4, -0.2) is 41.7 Å². The van der Waals surface area contributed by atoms with Crippen molar-refractivity contribution >= 4 is 27.4 Å². The molecule has 0 aromatic carbocycles. The number of hydrogen-bond acceptors (Lipinski definition) is 7. The molecule has 0 fully saturated rings. The van der Waals surface area contributed by atoms with Gasteiger partial charge in [-0.15, -0.1) is 11.3 Å². The zero-order valence-corrected chi connectivity index (χ0v) is 13.6. The molecule has 0 unspecified atom stereocenters. The highest BCUT2D eigenvalue weighted by Gasteiger charge is 2.13. The van der Waals surface area contributed by atoms with Crippen LogP contribution in [-0.2, 0) is 11.3 Å². The van der Waals surface area contributed by atoms with Crippen molar-refractivity contribution in [3.8, 4) is 0 Å². The number of anilines is 1. The predicted octanol–water partition coefficient (Wildman–Crippen LogP) is 2.08. The van der Waals surface area contributed by atoms with Gasteiger partial charge in [0.25, 0.3) is 0 Å². The first-order valence-corrected chi connectivity index (χ1v) is 7.94. The first kappa shape index (κ1) is 16.1. The summed E-state index contributed by atoms with van der Waals surface area (Å²) in [5.41, 5.74) is 2.67. The molecule has 7 heteroatoms. The van der Waals surface area contributed by atoms with Crippen LogP contribution in [0.1, 0.15) is 19.7 Å². The van der Waals surface area contributed by atoms with Gasteiger partial charge in [0.1, 0.15) is 10.7 Å². The molecule has 0 atom stereocenters. The number of thiophene rings is 1. The number of hydrogen-bond donors (Lipinski definition) is 2. The Morgan fingerprint density at radius 2 is 2.24 bits per heavy atom. The summed E-state index contributed by atoms with van der Waals surface area (Å²) >= 11 is 1.60. The van der Waals surface area contributed by atoms with E-state index in [1.165, 1.54) is 0 Å². The molecule has 116 valence electrons. The van der Waals surface area contributed by atoms with Gasteiger partial charge in [-0.1, -0.05) is 13.8 Å². The largest absolute Gasteiger partial charge is 0.383 e.